The number of hydrogen-bond acceptors (Lipinski definition) is 5. The summed E-state index contributed by atoms with van der Waals surface area (Å²) in [6, 6.07) is 5.52. The molecule has 1 aromatic rings. The number of halogens is 1. The van der Waals surface area contributed by atoms with Gasteiger partial charge in [0.15, 0.2) is 0 Å². The first-order chi connectivity index (χ1) is 11.8. The molecule has 0 unspecified atom stereocenters. The summed E-state index contributed by atoms with van der Waals surface area (Å²) in [5, 5.41) is 2.72. The van der Waals surface area contributed by atoms with Crippen LogP contribution in [0.15, 0.2) is 40.9 Å². The summed E-state index contributed by atoms with van der Waals surface area (Å²) in [6.45, 7) is 2.98. The molecular weight excluding hydrogens is 368 g/mol. The summed E-state index contributed by atoms with van der Waals surface area (Å²) in [5.74, 6) is -1.09. The number of amides is 2. The molecule has 0 aliphatic heterocycles. The molecule has 0 saturated carbocycles. The highest BCUT2D eigenvalue weighted by Crippen LogP contribution is 2.13. The summed E-state index contributed by atoms with van der Waals surface area (Å²) < 4.78 is 26.1. The summed E-state index contributed by atoms with van der Waals surface area (Å²) in [4.78, 5) is 23.2. The van der Waals surface area contributed by atoms with Crippen molar-refractivity contribution in [3.05, 3.63) is 41.1 Å². The maximum Gasteiger partial charge on any atom is 0.257 e. The van der Waals surface area contributed by atoms with Crippen molar-refractivity contribution in [3.63, 3.8) is 0 Å². The lowest BCUT2D eigenvalue weighted by Gasteiger charge is -2.11. The molecule has 0 spiro atoms. The first-order valence-electron chi connectivity index (χ1n) is 7.50. The molecule has 0 fully saturated rings. The van der Waals surface area contributed by atoms with Gasteiger partial charge in [0, 0.05) is 10.7 Å². The highest BCUT2D eigenvalue weighted by molar-refractivity contribution is 7.89. The average Bonchev–Trinajstić information content (AvgIpc) is 2.59. The summed E-state index contributed by atoms with van der Waals surface area (Å²) in [7, 11) is -3.83. The zero-order valence-corrected chi connectivity index (χ0v) is 15.5. The van der Waals surface area contributed by atoms with Crippen molar-refractivity contribution in [2.75, 3.05) is 13.1 Å². The lowest BCUT2D eigenvalue weighted by Crippen LogP contribution is -2.45. The van der Waals surface area contributed by atoms with Crippen molar-refractivity contribution in [1.82, 2.24) is 20.9 Å². The quantitative estimate of drug-likeness (QED) is 0.464. The first kappa shape index (κ1) is 20.9. The number of allylic oxidation sites excluding steroid dienone is 2. The Labute approximate surface area is 152 Å². The number of rotatable bonds is 9. The van der Waals surface area contributed by atoms with Crippen molar-refractivity contribution >= 4 is 33.4 Å². The lowest BCUT2D eigenvalue weighted by atomic mass is 10.3. The van der Waals surface area contributed by atoms with Gasteiger partial charge in [-0.25, -0.2) is 13.1 Å². The Morgan fingerprint density at radius 2 is 1.72 bits per heavy atom. The van der Waals surface area contributed by atoms with Crippen LogP contribution in [0.4, 0.5) is 0 Å². The van der Waals surface area contributed by atoms with E-state index in [1.807, 2.05) is 19.9 Å². The number of hydrazine groups is 1. The molecule has 0 heterocycles. The zero-order chi connectivity index (χ0) is 18.9. The summed E-state index contributed by atoms with van der Waals surface area (Å²) in [5.41, 5.74) is 5.96. The van der Waals surface area contributed by atoms with E-state index in [9.17, 15) is 18.0 Å². The minimum Gasteiger partial charge on any atom is -0.346 e. The Bertz CT molecular complexity index is 732. The van der Waals surface area contributed by atoms with Crippen molar-refractivity contribution in [3.8, 4) is 0 Å². The van der Waals surface area contributed by atoms with Crippen molar-refractivity contribution < 1.29 is 18.0 Å². The van der Waals surface area contributed by atoms with Crippen LogP contribution in [0, 0.1) is 0 Å². The van der Waals surface area contributed by atoms with E-state index in [0.29, 0.717) is 5.02 Å². The number of benzene rings is 1. The van der Waals surface area contributed by atoms with Crippen LogP contribution in [0.2, 0.25) is 5.02 Å². The van der Waals surface area contributed by atoms with Crippen LogP contribution in [-0.2, 0) is 19.6 Å². The number of sulfonamides is 1. The van der Waals surface area contributed by atoms with Gasteiger partial charge in [0.1, 0.15) is 0 Å². The maximum absolute atomic E-state index is 12.0. The van der Waals surface area contributed by atoms with E-state index in [1.54, 1.807) is 0 Å². The van der Waals surface area contributed by atoms with Crippen LogP contribution >= 0.6 is 11.6 Å². The largest absolute Gasteiger partial charge is 0.346 e. The molecule has 25 heavy (non-hydrogen) atoms. The highest BCUT2D eigenvalue weighted by Gasteiger charge is 2.15. The van der Waals surface area contributed by atoms with Gasteiger partial charge in [-0.15, -0.1) is 0 Å². The molecule has 0 radical (unpaired) electrons. The van der Waals surface area contributed by atoms with E-state index in [2.05, 4.69) is 20.9 Å². The third kappa shape index (κ3) is 7.55. The topological polar surface area (TPSA) is 116 Å². The standard InChI is InChI=1S/C15H21ClN4O4S/c1-3-12(4-2)19-20-15(22)9-17-14(21)10-18-25(23,24)13-7-5-11(16)6-8-13/h3,5-8,18-19H,4,9-10H2,1-2H3,(H,17,21)(H,20,22). The Balaban J connectivity index is 2.39. The summed E-state index contributed by atoms with van der Waals surface area (Å²) >= 11 is 5.70. The molecule has 138 valence electrons. The minimum absolute atomic E-state index is 0.00918. The zero-order valence-electron chi connectivity index (χ0n) is 13.9. The molecule has 0 aliphatic rings. The van der Waals surface area contributed by atoms with Crippen LogP contribution in [-0.4, -0.2) is 33.3 Å². The Kier molecular flexibility index (Phi) is 8.39. The molecule has 1 aromatic carbocycles. The average molecular weight is 389 g/mol. The van der Waals surface area contributed by atoms with Gasteiger partial charge in [0.2, 0.25) is 15.9 Å². The Morgan fingerprint density at radius 1 is 1.08 bits per heavy atom. The van der Waals surface area contributed by atoms with Crippen molar-refractivity contribution in [2.24, 2.45) is 0 Å². The summed E-state index contributed by atoms with van der Waals surface area (Å²) in [6.07, 6.45) is 2.53. The van der Waals surface area contributed by atoms with E-state index >= 15 is 0 Å². The molecule has 0 saturated heterocycles. The smallest absolute Gasteiger partial charge is 0.257 e. The molecule has 0 aliphatic carbocycles. The second kappa shape index (κ2) is 10.0. The van der Waals surface area contributed by atoms with Gasteiger partial charge in [-0.05, 0) is 37.6 Å². The molecule has 1 rings (SSSR count). The fourth-order valence-electron chi connectivity index (χ4n) is 1.66. The third-order valence-electron chi connectivity index (χ3n) is 3.08. The van der Waals surface area contributed by atoms with E-state index in [-0.39, 0.29) is 11.4 Å². The van der Waals surface area contributed by atoms with E-state index in [1.165, 1.54) is 24.3 Å². The van der Waals surface area contributed by atoms with Gasteiger partial charge >= 0.3 is 0 Å². The van der Waals surface area contributed by atoms with Crippen molar-refractivity contribution in [2.45, 2.75) is 25.2 Å². The molecule has 0 atom stereocenters. The van der Waals surface area contributed by atoms with E-state index in [0.717, 1.165) is 12.1 Å². The molecule has 0 bridgehead atoms. The fourth-order valence-corrected chi connectivity index (χ4v) is 2.77. The van der Waals surface area contributed by atoms with Crippen LogP contribution in [0.25, 0.3) is 0 Å². The normalized spacial score (nSPS) is 11.7. The molecule has 8 nitrogen and oxygen atoms in total. The Hall–Kier alpha value is -2.10. The number of hydrogen-bond donors (Lipinski definition) is 4. The van der Waals surface area contributed by atoms with Gasteiger partial charge in [-0.1, -0.05) is 24.6 Å². The van der Waals surface area contributed by atoms with Crippen LogP contribution in [0.3, 0.4) is 0 Å². The maximum atomic E-state index is 12.0. The van der Waals surface area contributed by atoms with Crippen molar-refractivity contribution in [1.29, 1.82) is 0 Å². The van der Waals surface area contributed by atoms with Crippen LogP contribution in [0.5, 0.6) is 0 Å². The lowest BCUT2D eigenvalue weighted by molar-refractivity contribution is -0.125. The monoisotopic (exact) mass is 388 g/mol. The highest BCUT2D eigenvalue weighted by atomic mass is 35.5. The van der Waals surface area contributed by atoms with E-state index in [4.69, 9.17) is 11.6 Å². The molecule has 4 N–H and O–H groups in total. The first-order valence-corrected chi connectivity index (χ1v) is 9.36. The molecule has 2 amide bonds. The Morgan fingerprint density at radius 3 is 2.28 bits per heavy atom. The van der Waals surface area contributed by atoms with Gasteiger partial charge in [-0.2, -0.15) is 0 Å². The third-order valence-corrected chi connectivity index (χ3v) is 4.75. The van der Waals surface area contributed by atoms with Gasteiger partial charge in [0.25, 0.3) is 5.91 Å². The number of carbonyl (C=O) groups excluding carboxylic acids is 2. The predicted octanol–water partition coefficient (Wildman–Crippen LogP) is 0.669. The second-order valence-corrected chi connectivity index (χ2v) is 7.10. The van der Waals surface area contributed by atoms with Crippen LogP contribution in [0.1, 0.15) is 20.3 Å². The predicted molar refractivity (Wildman–Crippen MR) is 95.0 cm³/mol. The molecule has 0 aromatic heterocycles. The van der Waals surface area contributed by atoms with Crippen LogP contribution < -0.4 is 20.9 Å². The number of nitrogens with one attached hydrogen (secondary N) is 4. The SMILES string of the molecule is CC=C(CC)NNC(=O)CNC(=O)CNS(=O)(=O)c1ccc(Cl)cc1. The number of carbonyl (C=O) groups is 2. The van der Waals surface area contributed by atoms with Gasteiger partial charge in [-0.3, -0.25) is 15.0 Å². The van der Waals surface area contributed by atoms with E-state index < -0.39 is 28.4 Å². The fraction of sp³-hybridized carbons (Fsp3) is 0.333. The molecule has 10 heteroatoms. The minimum atomic E-state index is -3.83. The van der Waals surface area contributed by atoms with Gasteiger partial charge < -0.3 is 10.7 Å². The van der Waals surface area contributed by atoms with Gasteiger partial charge in [0.05, 0.1) is 18.0 Å². The second-order valence-electron chi connectivity index (χ2n) is 4.90. The molecular formula is C15H21ClN4O4S.